The average Bonchev–Trinajstić information content (AvgIpc) is 3.02. The fraction of sp³-hybridized carbons (Fsp3) is 0.222. The molecule has 128 valence electrons. The summed E-state index contributed by atoms with van der Waals surface area (Å²) in [5.74, 6) is -0.745. The SMILES string of the molecule is COC(=O)C[C@H](NC(=O)c1cnc2onc(C)c2c1)c1ccccc1. The highest BCUT2D eigenvalue weighted by atomic mass is 16.5. The Kier molecular flexibility index (Phi) is 4.74. The van der Waals surface area contributed by atoms with Crippen molar-refractivity contribution >= 4 is 23.0 Å². The van der Waals surface area contributed by atoms with Gasteiger partial charge in [-0.15, -0.1) is 0 Å². The quantitative estimate of drug-likeness (QED) is 0.718. The van der Waals surface area contributed by atoms with Gasteiger partial charge in [-0.3, -0.25) is 9.59 Å². The van der Waals surface area contributed by atoms with Crippen LogP contribution in [0.5, 0.6) is 0 Å². The van der Waals surface area contributed by atoms with Crippen molar-refractivity contribution in [1.82, 2.24) is 15.5 Å². The minimum absolute atomic E-state index is 0.0359. The van der Waals surface area contributed by atoms with E-state index in [0.29, 0.717) is 22.4 Å². The molecule has 1 aromatic carbocycles. The van der Waals surface area contributed by atoms with Crippen molar-refractivity contribution in [3.63, 3.8) is 0 Å². The first kappa shape index (κ1) is 16.6. The maximum absolute atomic E-state index is 12.6. The lowest BCUT2D eigenvalue weighted by molar-refractivity contribution is -0.141. The van der Waals surface area contributed by atoms with Crippen molar-refractivity contribution in [1.29, 1.82) is 0 Å². The maximum Gasteiger partial charge on any atom is 0.307 e. The van der Waals surface area contributed by atoms with Gasteiger partial charge in [-0.1, -0.05) is 35.5 Å². The van der Waals surface area contributed by atoms with Crippen molar-refractivity contribution in [2.24, 2.45) is 0 Å². The number of carbonyl (C=O) groups is 2. The van der Waals surface area contributed by atoms with Gasteiger partial charge < -0.3 is 14.6 Å². The van der Waals surface area contributed by atoms with Gasteiger partial charge in [0.15, 0.2) is 0 Å². The van der Waals surface area contributed by atoms with Crippen molar-refractivity contribution in [3.8, 4) is 0 Å². The number of hydrogen-bond acceptors (Lipinski definition) is 6. The first-order valence-corrected chi connectivity index (χ1v) is 7.73. The van der Waals surface area contributed by atoms with Crippen molar-refractivity contribution in [3.05, 3.63) is 59.4 Å². The van der Waals surface area contributed by atoms with E-state index in [1.807, 2.05) is 30.3 Å². The normalized spacial score (nSPS) is 11.9. The number of benzene rings is 1. The fourth-order valence-corrected chi connectivity index (χ4v) is 2.50. The first-order valence-electron chi connectivity index (χ1n) is 7.73. The van der Waals surface area contributed by atoms with E-state index in [0.717, 1.165) is 5.56 Å². The standard InChI is InChI=1S/C18H17N3O4/c1-11-14-8-13(10-19-18(14)25-21-11)17(23)20-15(9-16(22)24-2)12-6-4-3-5-7-12/h3-8,10,15H,9H2,1-2H3,(H,20,23)/t15-/m0/s1. The summed E-state index contributed by atoms with van der Waals surface area (Å²) in [6.07, 6.45) is 1.46. The Hall–Kier alpha value is -3.22. The Labute approximate surface area is 144 Å². The van der Waals surface area contributed by atoms with Gasteiger partial charge in [0.05, 0.1) is 36.2 Å². The minimum atomic E-state index is -0.500. The zero-order chi connectivity index (χ0) is 17.8. The predicted molar refractivity (Wildman–Crippen MR) is 89.8 cm³/mol. The number of ether oxygens (including phenoxy) is 1. The summed E-state index contributed by atoms with van der Waals surface area (Å²) >= 11 is 0. The van der Waals surface area contributed by atoms with Crippen molar-refractivity contribution < 1.29 is 18.8 Å². The van der Waals surface area contributed by atoms with Crippen LogP contribution in [0, 0.1) is 6.92 Å². The van der Waals surface area contributed by atoms with Crippen LogP contribution in [0.15, 0.2) is 47.1 Å². The number of pyridine rings is 1. The summed E-state index contributed by atoms with van der Waals surface area (Å²) < 4.78 is 9.78. The molecule has 0 saturated carbocycles. The van der Waals surface area contributed by atoms with E-state index in [1.54, 1.807) is 13.0 Å². The number of rotatable bonds is 5. The van der Waals surface area contributed by atoms with Gasteiger partial charge in [-0.25, -0.2) is 4.98 Å². The van der Waals surface area contributed by atoms with Crippen molar-refractivity contribution in [2.45, 2.75) is 19.4 Å². The molecule has 0 bridgehead atoms. The lowest BCUT2D eigenvalue weighted by Gasteiger charge is -2.18. The van der Waals surface area contributed by atoms with E-state index >= 15 is 0 Å². The Bertz CT molecular complexity index is 905. The molecular formula is C18H17N3O4. The Morgan fingerprint density at radius 3 is 2.76 bits per heavy atom. The van der Waals surface area contributed by atoms with Crippen LogP contribution >= 0.6 is 0 Å². The highest BCUT2D eigenvalue weighted by Crippen LogP contribution is 2.20. The largest absolute Gasteiger partial charge is 0.469 e. The lowest BCUT2D eigenvalue weighted by atomic mass is 10.0. The number of aryl methyl sites for hydroxylation is 1. The van der Waals surface area contributed by atoms with E-state index in [2.05, 4.69) is 15.5 Å². The molecule has 3 aromatic rings. The fourth-order valence-electron chi connectivity index (χ4n) is 2.50. The van der Waals surface area contributed by atoms with Gasteiger partial charge in [0.2, 0.25) is 0 Å². The third-order valence-electron chi connectivity index (χ3n) is 3.88. The summed E-state index contributed by atoms with van der Waals surface area (Å²) in [4.78, 5) is 28.4. The van der Waals surface area contributed by atoms with Crippen LogP contribution in [-0.4, -0.2) is 29.1 Å². The van der Waals surface area contributed by atoms with Crippen LogP contribution in [0.2, 0.25) is 0 Å². The number of nitrogens with zero attached hydrogens (tertiary/aromatic N) is 2. The highest BCUT2D eigenvalue weighted by Gasteiger charge is 2.20. The Morgan fingerprint density at radius 1 is 1.28 bits per heavy atom. The monoisotopic (exact) mass is 339 g/mol. The average molecular weight is 339 g/mol. The van der Waals surface area contributed by atoms with E-state index < -0.39 is 12.0 Å². The summed E-state index contributed by atoms with van der Waals surface area (Å²) in [6, 6.07) is 10.4. The molecule has 1 atom stereocenters. The first-order chi connectivity index (χ1) is 12.1. The molecular weight excluding hydrogens is 322 g/mol. The van der Waals surface area contributed by atoms with Crippen LogP contribution in [0.25, 0.3) is 11.1 Å². The van der Waals surface area contributed by atoms with Crippen LogP contribution in [0.1, 0.15) is 34.1 Å². The molecule has 0 unspecified atom stereocenters. The summed E-state index contributed by atoms with van der Waals surface area (Å²) in [5, 5.41) is 7.36. The van der Waals surface area contributed by atoms with Gasteiger partial charge in [0.1, 0.15) is 0 Å². The Balaban J connectivity index is 1.85. The molecule has 0 spiro atoms. The second-order valence-corrected chi connectivity index (χ2v) is 5.56. The van der Waals surface area contributed by atoms with E-state index in [1.165, 1.54) is 13.3 Å². The number of hydrogen-bond donors (Lipinski definition) is 1. The molecule has 2 heterocycles. The van der Waals surface area contributed by atoms with E-state index in [4.69, 9.17) is 9.26 Å². The Morgan fingerprint density at radius 2 is 2.04 bits per heavy atom. The smallest absolute Gasteiger partial charge is 0.307 e. The molecule has 0 aliphatic rings. The van der Waals surface area contributed by atoms with Gasteiger partial charge >= 0.3 is 5.97 Å². The third-order valence-corrected chi connectivity index (χ3v) is 3.88. The topological polar surface area (TPSA) is 94.3 Å². The third kappa shape index (κ3) is 3.65. The van der Waals surface area contributed by atoms with Gasteiger partial charge in [-0.2, -0.15) is 0 Å². The molecule has 0 aliphatic carbocycles. The summed E-state index contributed by atoms with van der Waals surface area (Å²) in [5.41, 5.74) is 2.22. The number of methoxy groups -OCH3 is 1. The zero-order valence-corrected chi connectivity index (χ0v) is 13.9. The van der Waals surface area contributed by atoms with Gasteiger partial charge in [0, 0.05) is 6.20 Å². The number of amides is 1. The molecule has 1 N–H and O–H groups in total. The zero-order valence-electron chi connectivity index (χ0n) is 13.9. The second kappa shape index (κ2) is 7.12. The number of aromatic nitrogens is 2. The van der Waals surface area contributed by atoms with Gasteiger partial charge in [-0.05, 0) is 18.6 Å². The van der Waals surface area contributed by atoms with Crippen LogP contribution in [0.4, 0.5) is 0 Å². The maximum atomic E-state index is 12.6. The molecule has 0 radical (unpaired) electrons. The molecule has 7 heteroatoms. The van der Waals surface area contributed by atoms with Crippen molar-refractivity contribution in [2.75, 3.05) is 7.11 Å². The summed E-state index contributed by atoms with van der Waals surface area (Å²) in [6.45, 7) is 1.78. The predicted octanol–water partition coefficient (Wildman–Crippen LogP) is 2.57. The van der Waals surface area contributed by atoms with Gasteiger partial charge in [0.25, 0.3) is 11.6 Å². The second-order valence-electron chi connectivity index (χ2n) is 5.56. The molecule has 7 nitrogen and oxygen atoms in total. The number of fused-ring (bicyclic) bond motifs is 1. The number of nitrogens with one attached hydrogen (secondary N) is 1. The molecule has 25 heavy (non-hydrogen) atoms. The van der Waals surface area contributed by atoms with E-state index in [9.17, 15) is 9.59 Å². The minimum Gasteiger partial charge on any atom is -0.469 e. The summed E-state index contributed by atoms with van der Waals surface area (Å²) in [7, 11) is 1.32. The van der Waals surface area contributed by atoms with E-state index in [-0.39, 0.29) is 12.3 Å². The number of esters is 1. The molecule has 0 saturated heterocycles. The molecule has 1 amide bonds. The highest BCUT2D eigenvalue weighted by molar-refractivity contribution is 5.97. The lowest BCUT2D eigenvalue weighted by Crippen LogP contribution is -2.30. The van der Waals surface area contributed by atoms with Crippen LogP contribution < -0.4 is 5.32 Å². The molecule has 3 rings (SSSR count). The molecule has 2 aromatic heterocycles. The number of carbonyl (C=O) groups excluding carboxylic acids is 2. The molecule has 0 fully saturated rings. The van der Waals surface area contributed by atoms with Crippen LogP contribution in [-0.2, 0) is 9.53 Å². The molecule has 0 aliphatic heterocycles. The van der Waals surface area contributed by atoms with Crippen LogP contribution in [0.3, 0.4) is 0 Å².